The molecule has 0 aliphatic rings. The lowest BCUT2D eigenvalue weighted by Crippen LogP contribution is -2.14. The lowest BCUT2D eigenvalue weighted by Gasteiger charge is -2.14. The van der Waals surface area contributed by atoms with E-state index < -0.39 is 5.97 Å². The van der Waals surface area contributed by atoms with Crippen LogP contribution in [-0.4, -0.2) is 22.2 Å². The molecule has 15 heavy (non-hydrogen) atoms. The zero-order chi connectivity index (χ0) is 11.3. The van der Waals surface area contributed by atoms with Gasteiger partial charge in [0.15, 0.2) is 11.4 Å². The van der Waals surface area contributed by atoms with E-state index in [9.17, 15) is 4.79 Å². The average Bonchev–Trinajstić information content (AvgIpc) is 2.18. The van der Waals surface area contributed by atoms with Crippen LogP contribution in [0.1, 0.15) is 37.2 Å². The van der Waals surface area contributed by atoms with Crippen LogP contribution >= 0.6 is 0 Å². The first-order valence-corrected chi connectivity index (χ1v) is 5.00. The van der Waals surface area contributed by atoms with Gasteiger partial charge in [0.25, 0.3) is 0 Å². The predicted octanol–water partition coefficient (Wildman–Crippen LogP) is 2.35. The minimum absolute atomic E-state index is 0.0114. The van der Waals surface area contributed by atoms with Crippen molar-refractivity contribution in [1.82, 2.24) is 4.98 Å². The Morgan fingerprint density at radius 2 is 2.40 bits per heavy atom. The average molecular weight is 209 g/mol. The van der Waals surface area contributed by atoms with Crippen molar-refractivity contribution in [3.8, 4) is 5.75 Å². The highest BCUT2D eigenvalue weighted by Crippen LogP contribution is 2.18. The van der Waals surface area contributed by atoms with E-state index >= 15 is 0 Å². The maximum atomic E-state index is 10.8. The van der Waals surface area contributed by atoms with Crippen molar-refractivity contribution in [2.75, 3.05) is 0 Å². The first-order chi connectivity index (χ1) is 7.15. The molecule has 0 saturated heterocycles. The van der Waals surface area contributed by atoms with Crippen molar-refractivity contribution in [3.63, 3.8) is 0 Å². The summed E-state index contributed by atoms with van der Waals surface area (Å²) in [6.45, 7) is 3.98. The minimum Gasteiger partial charge on any atom is -0.488 e. The summed E-state index contributed by atoms with van der Waals surface area (Å²) >= 11 is 0. The number of hydrogen-bond acceptors (Lipinski definition) is 3. The van der Waals surface area contributed by atoms with Gasteiger partial charge in [-0.25, -0.2) is 9.78 Å². The number of carboxylic acid groups (broad SMARTS) is 1. The van der Waals surface area contributed by atoms with Gasteiger partial charge >= 0.3 is 5.97 Å². The van der Waals surface area contributed by atoms with Crippen molar-refractivity contribution < 1.29 is 14.6 Å². The largest absolute Gasteiger partial charge is 0.488 e. The van der Waals surface area contributed by atoms with Crippen LogP contribution in [0.25, 0.3) is 0 Å². The van der Waals surface area contributed by atoms with Crippen molar-refractivity contribution in [3.05, 3.63) is 24.0 Å². The number of carboxylic acids is 1. The first-order valence-electron chi connectivity index (χ1n) is 5.00. The van der Waals surface area contributed by atoms with Crippen LogP contribution in [0, 0.1) is 0 Å². The van der Waals surface area contributed by atoms with Crippen molar-refractivity contribution in [1.29, 1.82) is 0 Å². The zero-order valence-electron chi connectivity index (χ0n) is 8.93. The molecule has 1 atom stereocenters. The normalized spacial score (nSPS) is 12.1. The number of aromatic carboxylic acids is 1. The van der Waals surface area contributed by atoms with Crippen LogP contribution < -0.4 is 4.74 Å². The van der Waals surface area contributed by atoms with Crippen molar-refractivity contribution in [2.24, 2.45) is 0 Å². The third-order valence-electron chi connectivity index (χ3n) is 2.00. The predicted molar refractivity (Wildman–Crippen MR) is 56.2 cm³/mol. The molecule has 0 saturated carbocycles. The van der Waals surface area contributed by atoms with Crippen molar-refractivity contribution >= 4 is 5.97 Å². The third-order valence-corrected chi connectivity index (χ3v) is 2.00. The van der Waals surface area contributed by atoms with Gasteiger partial charge in [-0.3, -0.25) is 0 Å². The number of carbonyl (C=O) groups is 1. The highest BCUT2D eigenvalue weighted by molar-refractivity contribution is 5.88. The minimum atomic E-state index is -1.06. The summed E-state index contributed by atoms with van der Waals surface area (Å²) in [5.41, 5.74) is -0.0274. The second-order valence-electron chi connectivity index (χ2n) is 3.37. The Balaban J connectivity index is 2.79. The van der Waals surface area contributed by atoms with Gasteiger partial charge in [0.1, 0.15) is 0 Å². The summed E-state index contributed by atoms with van der Waals surface area (Å²) in [6.07, 6.45) is 3.36. The Labute approximate surface area is 88.9 Å². The fraction of sp³-hybridized carbons (Fsp3) is 0.455. The van der Waals surface area contributed by atoms with Crippen LogP contribution in [0.4, 0.5) is 0 Å². The maximum Gasteiger partial charge on any atom is 0.358 e. The molecule has 1 N–H and O–H groups in total. The van der Waals surface area contributed by atoms with Gasteiger partial charge in [0.2, 0.25) is 0 Å². The number of pyridine rings is 1. The van der Waals surface area contributed by atoms with E-state index in [-0.39, 0.29) is 11.8 Å². The Bertz CT molecular complexity index is 338. The molecule has 0 spiro atoms. The number of hydrogen-bond donors (Lipinski definition) is 1. The van der Waals surface area contributed by atoms with Gasteiger partial charge in [-0.2, -0.15) is 0 Å². The van der Waals surface area contributed by atoms with Crippen LogP contribution in [0.5, 0.6) is 5.75 Å². The van der Waals surface area contributed by atoms with Gasteiger partial charge in [0.05, 0.1) is 6.10 Å². The molecule has 1 heterocycles. The van der Waals surface area contributed by atoms with Crippen LogP contribution in [-0.2, 0) is 0 Å². The number of nitrogens with zero attached hydrogens (tertiary/aromatic N) is 1. The van der Waals surface area contributed by atoms with E-state index in [0.717, 1.165) is 12.8 Å². The molecule has 1 unspecified atom stereocenters. The van der Waals surface area contributed by atoms with Gasteiger partial charge in [-0.05, 0) is 25.5 Å². The number of ether oxygens (including phenoxy) is 1. The molecule has 0 bridgehead atoms. The quantitative estimate of drug-likeness (QED) is 0.808. The van der Waals surface area contributed by atoms with Crippen molar-refractivity contribution in [2.45, 2.75) is 32.8 Å². The van der Waals surface area contributed by atoms with Gasteiger partial charge in [-0.15, -0.1) is 0 Å². The van der Waals surface area contributed by atoms with E-state index in [0.29, 0.717) is 5.75 Å². The fourth-order valence-corrected chi connectivity index (χ4v) is 1.33. The highest BCUT2D eigenvalue weighted by Gasteiger charge is 2.14. The smallest absolute Gasteiger partial charge is 0.358 e. The van der Waals surface area contributed by atoms with E-state index in [1.54, 1.807) is 12.1 Å². The summed E-state index contributed by atoms with van der Waals surface area (Å²) in [6, 6.07) is 3.29. The monoisotopic (exact) mass is 209 g/mol. The summed E-state index contributed by atoms with van der Waals surface area (Å²) in [7, 11) is 0. The lowest BCUT2D eigenvalue weighted by atomic mass is 10.2. The molecular weight excluding hydrogens is 194 g/mol. The summed E-state index contributed by atoms with van der Waals surface area (Å²) in [4.78, 5) is 14.6. The van der Waals surface area contributed by atoms with E-state index in [1.807, 2.05) is 6.92 Å². The van der Waals surface area contributed by atoms with Crippen LogP contribution in [0.3, 0.4) is 0 Å². The highest BCUT2D eigenvalue weighted by atomic mass is 16.5. The lowest BCUT2D eigenvalue weighted by molar-refractivity contribution is 0.0682. The Kier molecular flexibility index (Phi) is 4.09. The molecular formula is C11H15NO3. The Morgan fingerprint density at radius 3 is 3.00 bits per heavy atom. The van der Waals surface area contributed by atoms with E-state index in [1.165, 1.54) is 6.20 Å². The third kappa shape index (κ3) is 3.23. The van der Waals surface area contributed by atoms with Gasteiger partial charge in [0, 0.05) is 6.20 Å². The standard InChI is InChI=1S/C11H15NO3/c1-3-5-8(2)15-9-6-4-7-12-10(9)11(13)14/h4,6-8H,3,5H2,1-2H3,(H,13,14). The second-order valence-corrected chi connectivity index (χ2v) is 3.37. The van der Waals surface area contributed by atoms with E-state index in [4.69, 9.17) is 9.84 Å². The number of rotatable bonds is 5. The van der Waals surface area contributed by atoms with Crippen LogP contribution in [0.2, 0.25) is 0 Å². The second kappa shape index (κ2) is 5.34. The molecule has 4 nitrogen and oxygen atoms in total. The topological polar surface area (TPSA) is 59.4 Å². The first kappa shape index (κ1) is 11.5. The van der Waals surface area contributed by atoms with Crippen LogP contribution in [0.15, 0.2) is 18.3 Å². The molecule has 0 fully saturated rings. The summed E-state index contributed by atoms with van der Waals surface area (Å²) in [5.74, 6) is -0.722. The molecule has 0 amide bonds. The number of aromatic nitrogens is 1. The molecule has 0 aromatic carbocycles. The van der Waals surface area contributed by atoms with Gasteiger partial charge in [-0.1, -0.05) is 13.3 Å². The molecule has 1 rings (SSSR count). The maximum absolute atomic E-state index is 10.8. The molecule has 0 aliphatic heterocycles. The zero-order valence-corrected chi connectivity index (χ0v) is 8.93. The molecule has 82 valence electrons. The fourth-order valence-electron chi connectivity index (χ4n) is 1.33. The summed E-state index contributed by atoms with van der Waals surface area (Å²) in [5, 5.41) is 8.87. The molecule has 1 aromatic heterocycles. The summed E-state index contributed by atoms with van der Waals surface area (Å²) < 4.78 is 5.50. The van der Waals surface area contributed by atoms with E-state index in [2.05, 4.69) is 11.9 Å². The molecule has 0 radical (unpaired) electrons. The Hall–Kier alpha value is -1.58. The Morgan fingerprint density at radius 1 is 1.67 bits per heavy atom. The molecule has 1 aromatic rings. The molecule has 0 aliphatic carbocycles. The van der Waals surface area contributed by atoms with Gasteiger partial charge < -0.3 is 9.84 Å². The molecule has 4 heteroatoms. The SMILES string of the molecule is CCCC(C)Oc1cccnc1C(=O)O.